The molecule has 0 radical (unpaired) electrons. The Hall–Kier alpha value is -0.860. The van der Waals surface area contributed by atoms with Gasteiger partial charge in [0, 0.05) is 24.5 Å². The van der Waals surface area contributed by atoms with Crippen LogP contribution in [0.1, 0.15) is 18.9 Å². The number of hydrogen-bond acceptors (Lipinski definition) is 2. The van der Waals surface area contributed by atoms with E-state index in [4.69, 9.17) is 11.6 Å². The van der Waals surface area contributed by atoms with Gasteiger partial charge >= 0.3 is 0 Å². The number of nitrogens with zero attached hydrogens (tertiary/aromatic N) is 1. The molecule has 3 heteroatoms. The number of Topliss-reactive ketones (excluding diaryl/α,β-unsaturated/α-hetero) is 1. The first kappa shape index (κ1) is 13.2. The van der Waals surface area contributed by atoms with Crippen molar-refractivity contribution in [3.8, 4) is 0 Å². The minimum atomic E-state index is 0.248. The Kier molecular flexibility index (Phi) is 5.50. The molecule has 0 aliphatic carbocycles. The molecule has 1 rings (SSSR count). The second kappa shape index (κ2) is 6.66. The molecule has 0 heterocycles. The maximum atomic E-state index is 10.8. The zero-order chi connectivity index (χ0) is 12.0. The van der Waals surface area contributed by atoms with E-state index in [1.807, 2.05) is 31.3 Å². The van der Waals surface area contributed by atoms with Gasteiger partial charge in [0.15, 0.2) is 0 Å². The quantitative estimate of drug-likeness (QED) is 0.761. The van der Waals surface area contributed by atoms with Crippen molar-refractivity contribution in [1.29, 1.82) is 0 Å². The lowest BCUT2D eigenvalue weighted by atomic mass is 10.1. The standard InChI is InChI=1S/C13H18ClNO/c1-11(16)7-9-15(2)10-8-12-3-5-13(14)6-4-12/h3-6H,7-10H2,1-2H3. The minimum absolute atomic E-state index is 0.248. The molecule has 0 N–H and O–H groups in total. The predicted octanol–water partition coefficient (Wildman–Crippen LogP) is 2.79. The number of carbonyl (C=O) groups excluding carboxylic acids is 1. The van der Waals surface area contributed by atoms with Crippen LogP contribution in [0.15, 0.2) is 24.3 Å². The van der Waals surface area contributed by atoms with Crippen LogP contribution in [0.4, 0.5) is 0 Å². The van der Waals surface area contributed by atoms with Crippen LogP contribution >= 0.6 is 11.6 Å². The molecule has 0 aliphatic rings. The smallest absolute Gasteiger partial charge is 0.131 e. The van der Waals surface area contributed by atoms with E-state index in [1.165, 1.54) is 5.56 Å². The lowest BCUT2D eigenvalue weighted by molar-refractivity contribution is -0.117. The molecule has 0 aliphatic heterocycles. The van der Waals surface area contributed by atoms with Gasteiger partial charge in [-0.3, -0.25) is 4.79 Å². The van der Waals surface area contributed by atoms with Crippen molar-refractivity contribution in [1.82, 2.24) is 4.90 Å². The summed E-state index contributed by atoms with van der Waals surface area (Å²) >= 11 is 5.81. The average Bonchev–Trinajstić information content (AvgIpc) is 2.25. The van der Waals surface area contributed by atoms with Gasteiger partial charge in [-0.25, -0.2) is 0 Å². The topological polar surface area (TPSA) is 20.3 Å². The Morgan fingerprint density at radius 1 is 1.25 bits per heavy atom. The highest BCUT2D eigenvalue weighted by molar-refractivity contribution is 6.30. The number of ketones is 1. The fourth-order valence-corrected chi connectivity index (χ4v) is 1.56. The molecule has 88 valence electrons. The fraction of sp³-hybridized carbons (Fsp3) is 0.462. The van der Waals surface area contributed by atoms with E-state index in [0.717, 1.165) is 24.5 Å². The van der Waals surface area contributed by atoms with Gasteiger partial charge in [-0.15, -0.1) is 0 Å². The lowest BCUT2D eigenvalue weighted by Gasteiger charge is -2.15. The Morgan fingerprint density at radius 3 is 2.44 bits per heavy atom. The maximum Gasteiger partial charge on any atom is 0.131 e. The van der Waals surface area contributed by atoms with Gasteiger partial charge in [0.1, 0.15) is 5.78 Å². The largest absolute Gasteiger partial charge is 0.306 e. The minimum Gasteiger partial charge on any atom is -0.306 e. The highest BCUT2D eigenvalue weighted by atomic mass is 35.5. The van der Waals surface area contributed by atoms with E-state index in [2.05, 4.69) is 4.90 Å². The van der Waals surface area contributed by atoms with Crippen molar-refractivity contribution in [3.05, 3.63) is 34.9 Å². The Morgan fingerprint density at radius 2 is 1.88 bits per heavy atom. The Balaban J connectivity index is 2.28. The van der Waals surface area contributed by atoms with E-state index in [0.29, 0.717) is 6.42 Å². The third-order valence-corrected chi connectivity index (χ3v) is 2.79. The van der Waals surface area contributed by atoms with E-state index in [1.54, 1.807) is 6.92 Å². The summed E-state index contributed by atoms with van der Waals surface area (Å²) < 4.78 is 0. The van der Waals surface area contributed by atoms with Crippen LogP contribution in [0.25, 0.3) is 0 Å². The van der Waals surface area contributed by atoms with E-state index < -0.39 is 0 Å². The van der Waals surface area contributed by atoms with Crippen molar-refractivity contribution in [2.24, 2.45) is 0 Å². The summed E-state index contributed by atoms with van der Waals surface area (Å²) in [7, 11) is 2.04. The summed E-state index contributed by atoms with van der Waals surface area (Å²) in [5, 5.41) is 0.772. The van der Waals surface area contributed by atoms with Gasteiger partial charge < -0.3 is 4.90 Å². The van der Waals surface area contributed by atoms with Crippen molar-refractivity contribution in [3.63, 3.8) is 0 Å². The van der Waals surface area contributed by atoms with Gasteiger partial charge in [0.2, 0.25) is 0 Å². The molecule has 16 heavy (non-hydrogen) atoms. The van der Waals surface area contributed by atoms with Gasteiger partial charge in [-0.1, -0.05) is 23.7 Å². The summed E-state index contributed by atoms with van der Waals surface area (Å²) in [6.45, 7) is 3.44. The molecule has 0 spiro atoms. The van der Waals surface area contributed by atoms with Crippen LogP contribution < -0.4 is 0 Å². The third kappa shape index (κ3) is 5.29. The first-order valence-electron chi connectivity index (χ1n) is 5.50. The molecular formula is C13H18ClNO. The normalized spacial score (nSPS) is 10.8. The number of halogens is 1. The second-order valence-electron chi connectivity index (χ2n) is 4.13. The molecule has 1 aromatic rings. The highest BCUT2D eigenvalue weighted by Gasteiger charge is 2.01. The molecule has 0 unspecified atom stereocenters. The summed E-state index contributed by atoms with van der Waals surface area (Å²) in [5.41, 5.74) is 1.28. The van der Waals surface area contributed by atoms with Gasteiger partial charge in [0.25, 0.3) is 0 Å². The molecule has 0 saturated heterocycles. The molecule has 0 saturated carbocycles. The number of benzene rings is 1. The molecule has 0 atom stereocenters. The average molecular weight is 240 g/mol. The van der Waals surface area contributed by atoms with Crippen LogP contribution in [0.2, 0.25) is 5.02 Å². The SMILES string of the molecule is CC(=O)CCN(C)CCc1ccc(Cl)cc1. The highest BCUT2D eigenvalue weighted by Crippen LogP contribution is 2.10. The molecule has 0 amide bonds. The molecule has 1 aromatic carbocycles. The molecule has 0 fully saturated rings. The second-order valence-corrected chi connectivity index (χ2v) is 4.57. The zero-order valence-corrected chi connectivity index (χ0v) is 10.6. The van der Waals surface area contributed by atoms with Crippen molar-refractivity contribution in [2.45, 2.75) is 19.8 Å². The van der Waals surface area contributed by atoms with Gasteiger partial charge in [-0.05, 0) is 38.1 Å². The van der Waals surface area contributed by atoms with E-state index >= 15 is 0 Å². The van der Waals surface area contributed by atoms with Crippen molar-refractivity contribution in [2.75, 3.05) is 20.1 Å². The molecule has 0 bridgehead atoms. The number of likely N-dealkylation sites (N-methyl/N-ethyl adjacent to an activating group) is 1. The fourth-order valence-electron chi connectivity index (χ4n) is 1.43. The monoisotopic (exact) mass is 239 g/mol. The molecular weight excluding hydrogens is 222 g/mol. The Labute approximate surface area is 102 Å². The van der Waals surface area contributed by atoms with Crippen molar-refractivity contribution < 1.29 is 4.79 Å². The molecule has 0 aromatic heterocycles. The molecule has 2 nitrogen and oxygen atoms in total. The first-order valence-corrected chi connectivity index (χ1v) is 5.88. The number of carbonyl (C=O) groups is 1. The maximum absolute atomic E-state index is 10.8. The lowest BCUT2D eigenvalue weighted by Crippen LogP contribution is -2.23. The first-order chi connectivity index (χ1) is 7.58. The zero-order valence-electron chi connectivity index (χ0n) is 9.87. The number of rotatable bonds is 6. The number of hydrogen-bond donors (Lipinski definition) is 0. The van der Waals surface area contributed by atoms with Crippen LogP contribution in [0.5, 0.6) is 0 Å². The van der Waals surface area contributed by atoms with Gasteiger partial charge in [-0.2, -0.15) is 0 Å². The van der Waals surface area contributed by atoms with Crippen molar-refractivity contribution >= 4 is 17.4 Å². The van der Waals surface area contributed by atoms with Crippen LogP contribution in [-0.4, -0.2) is 30.8 Å². The third-order valence-electron chi connectivity index (χ3n) is 2.54. The summed E-state index contributed by atoms with van der Waals surface area (Å²) in [6.07, 6.45) is 1.63. The Bertz CT molecular complexity index is 334. The summed E-state index contributed by atoms with van der Waals surface area (Å²) in [5.74, 6) is 0.248. The van der Waals surface area contributed by atoms with Crippen LogP contribution in [0, 0.1) is 0 Å². The van der Waals surface area contributed by atoms with Gasteiger partial charge in [0.05, 0.1) is 0 Å². The van der Waals surface area contributed by atoms with Crippen LogP contribution in [-0.2, 0) is 11.2 Å². The van der Waals surface area contributed by atoms with Crippen LogP contribution in [0.3, 0.4) is 0 Å². The summed E-state index contributed by atoms with van der Waals surface area (Å²) in [4.78, 5) is 13.0. The van der Waals surface area contributed by atoms with E-state index in [-0.39, 0.29) is 5.78 Å². The summed E-state index contributed by atoms with van der Waals surface area (Å²) in [6, 6.07) is 7.90. The predicted molar refractivity (Wildman–Crippen MR) is 68.0 cm³/mol. The van der Waals surface area contributed by atoms with E-state index in [9.17, 15) is 4.79 Å².